The number of hydrogen-bond donors (Lipinski definition) is 0. The largest absolute Gasteiger partial charge is 0.0620 e. The maximum Gasteiger partial charge on any atom is -0.0272 e. The Labute approximate surface area is 234 Å². The molecule has 216 valence electrons. The van der Waals surface area contributed by atoms with Crippen molar-refractivity contribution in [3.8, 4) is 0 Å². The molecule has 0 nitrogen and oxygen atoms in total. The smallest absolute Gasteiger partial charge is 0.0272 e. The van der Waals surface area contributed by atoms with E-state index in [2.05, 4.69) is 34.6 Å². The van der Waals surface area contributed by atoms with Gasteiger partial charge in [0.15, 0.2) is 0 Å². The zero-order valence-electron chi connectivity index (χ0n) is 26.3. The Morgan fingerprint density at radius 1 is 0.568 bits per heavy atom. The van der Waals surface area contributed by atoms with Crippen LogP contribution in [0.4, 0.5) is 0 Å². The molecule has 4 fully saturated rings. The van der Waals surface area contributed by atoms with Gasteiger partial charge in [-0.15, -0.1) is 0 Å². The summed E-state index contributed by atoms with van der Waals surface area (Å²) in [5, 5.41) is 0. The maximum atomic E-state index is 2.81. The lowest BCUT2D eigenvalue weighted by molar-refractivity contribution is -0.00342. The number of hydrogen-bond acceptors (Lipinski definition) is 0. The summed E-state index contributed by atoms with van der Waals surface area (Å²) in [5.41, 5.74) is 1.08. The van der Waals surface area contributed by atoms with E-state index >= 15 is 0 Å². The van der Waals surface area contributed by atoms with Gasteiger partial charge in [-0.3, -0.25) is 0 Å². The lowest BCUT2D eigenvalue weighted by atomic mass is 9.55. The molecule has 0 radical (unpaired) electrons. The highest BCUT2D eigenvalue weighted by atomic mass is 14.5. The normalized spacial score (nSPS) is 28.5. The van der Waals surface area contributed by atoms with Crippen molar-refractivity contribution in [1.82, 2.24) is 0 Å². The van der Waals surface area contributed by atoms with E-state index < -0.39 is 0 Å². The van der Waals surface area contributed by atoms with E-state index in [1.165, 1.54) is 148 Å². The predicted molar refractivity (Wildman–Crippen MR) is 164 cm³/mol. The zero-order chi connectivity index (χ0) is 26.3. The highest BCUT2D eigenvalue weighted by Gasteiger charge is 2.44. The molecule has 37 heavy (non-hydrogen) atoms. The highest BCUT2D eigenvalue weighted by molar-refractivity contribution is 4.94. The second-order valence-corrected chi connectivity index (χ2v) is 16.0. The molecular formula is C37H68. The fourth-order valence-electron chi connectivity index (χ4n) is 10.5. The Hall–Kier alpha value is 0. The van der Waals surface area contributed by atoms with Crippen LogP contribution in [0.15, 0.2) is 0 Å². The molecule has 0 spiro atoms. The molecule has 4 saturated carbocycles. The van der Waals surface area contributed by atoms with Gasteiger partial charge in [-0.25, -0.2) is 0 Å². The van der Waals surface area contributed by atoms with Crippen molar-refractivity contribution in [2.24, 2.45) is 52.3 Å². The van der Waals surface area contributed by atoms with Crippen LogP contribution in [0, 0.1) is 52.3 Å². The molecule has 0 aromatic carbocycles. The molecule has 4 atom stereocenters. The standard InChI is InChI=1S/C37H68/c1-29(28-31-18-10-6-11-19-31)37(5,34-24-16-9-17-25-34)27-26-35(32-20-12-7-13-21-32)30(2)36(3,4)33-22-14-8-15-23-33/h29-35H,6-28H2,1-5H3. The van der Waals surface area contributed by atoms with Gasteiger partial charge in [-0.1, -0.05) is 137 Å². The van der Waals surface area contributed by atoms with Gasteiger partial charge in [-0.2, -0.15) is 0 Å². The third-order valence-corrected chi connectivity index (χ3v) is 13.8. The molecule has 4 rings (SSSR count). The second-order valence-electron chi connectivity index (χ2n) is 16.0. The van der Waals surface area contributed by atoms with Crippen LogP contribution in [0.25, 0.3) is 0 Å². The minimum Gasteiger partial charge on any atom is -0.0620 e. The molecule has 0 aromatic heterocycles. The highest BCUT2D eigenvalue weighted by Crippen LogP contribution is 2.54. The molecule has 0 bridgehead atoms. The molecule has 0 heteroatoms. The van der Waals surface area contributed by atoms with Crippen molar-refractivity contribution < 1.29 is 0 Å². The van der Waals surface area contributed by atoms with Crippen molar-refractivity contribution in [3.63, 3.8) is 0 Å². The Morgan fingerprint density at radius 3 is 1.57 bits per heavy atom. The fourth-order valence-corrected chi connectivity index (χ4v) is 10.5. The van der Waals surface area contributed by atoms with E-state index in [1.54, 1.807) is 0 Å². The average Bonchev–Trinajstić information content (AvgIpc) is 2.95. The summed E-state index contributed by atoms with van der Waals surface area (Å²) >= 11 is 0. The molecule has 0 aliphatic heterocycles. The SMILES string of the molecule is CC(C(CCC(C)(C(C)CC1CCCCC1)C1CCCCC1)C1CCCCC1)C(C)(C)C1CCCCC1. The minimum absolute atomic E-state index is 0.511. The van der Waals surface area contributed by atoms with E-state index in [0.29, 0.717) is 10.8 Å². The molecule has 0 amide bonds. The van der Waals surface area contributed by atoms with Crippen molar-refractivity contribution in [2.45, 2.75) is 182 Å². The maximum absolute atomic E-state index is 2.81. The first-order chi connectivity index (χ1) is 17.8. The van der Waals surface area contributed by atoms with Crippen molar-refractivity contribution in [2.75, 3.05) is 0 Å². The van der Waals surface area contributed by atoms with Crippen molar-refractivity contribution >= 4 is 0 Å². The van der Waals surface area contributed by atoms with E-state index in [1.807, 2.05) is 0 Å². The molecule has 4 unspecified atom stereocenters. The Kier molecular flexibility index (Phi) is 11.4. The van der Waals surface area contributed by atoms with Gasteiger partial charge in [0.2, 0.25) is 0 Å². The van der Waals surface area contributed by atoms with Crippen LogP contribution in [0.3, 0.4) is 0 Å². The van der Waals surface area contributed by atoms with Gasteiger partial charge in [0, 0.05) is 0 Å². The van der Waals surface area contributed by atoms with Crippen LogP contribution in [0.1, 0.15) is 182 Å². The van der Waals surface area contributed by atoms with Gasteiger partial charge in [0.05, 0.1) is 0 Å². The second kappa shape index (κ2) is 14.1. The van der Waals surface area contributed by atoms with Gasteiger partial charge in [0.1, 0.15) is 0 Å². The summed E-state index contributed by atoms with van der Waals surface area (Å²) in [6.45, 7) is 13.7. The first kappa shape index (κ1) is 30.0. The third kappa shape index (κ3) is 7.60. The summed E-state index contributed by atoms with van der Waals surface area (Å²) in [5.74, 6) is 6.75. The summed E-state index contributed by atoms with van der Waals surface area (Å²) in [7, 11) is 0. The lowest BCUT2D eigenvalue weighted by Crippen LogP contribution is -2.41. The Balaban J connectivity index is 1.51. The molecule has 0 N–H and O–H groups in total. The van der Waals surface area contributed by atoms with Gasteiger partial charge >= 0.3 is 0 Å². The molecule has 0 heterocycles. The number of rotatable bonds is 11. The van der Waals surface area contributed by atoms with E-state index in [9.17, 15) is 0 Å². The van der Waals surface area contributed by atoms with Crippen LogP contribution < -0.4 is 0 Å². The summed E-state index contributed by atoms with van der Waals surface area (Å²) in [6, 6.07) is 0. The third-order valence-electron chi connectivity index (χ3n) is 13.8. The molecule has 0 saturated heterocycles. The van der Waals surface area contributed by atoms with E-state index in [4.69, 9.17) is 0 Å². The van der Waals surface area contributed by atoms with Crippen LogP contribution in [0.2, 0.25) is 0 Å². The Bertz CT molecular complexity index is 622. The summed E-state index contributed by atoms with van der Waals surface area (Å²) < 4.78 is 0. The quantitative estimate of drug-likeness (QED) is 0.258. The van der Waals surface area contributed by atoms with Crippen LogP contribution in [-0.2, 0) is 0 Å². The molecule has 4 aliphatic carbocycles. The minimum atomic E-state index is 0.511. The monoisotopic (exact) mass is 513 g/mol. The first-order valence-corrected chi connectivity index (χ1v) is 17.8. The van der Waals surface area contributed by atoms with Crippen LogP contribution in [-0.4, -0.2) is 0 Å². The van der Waals surface area contributed by atoms with Gasteiger partial charge in [0.25, 0.3) is 0 Å². The zero-order valence-corrected chi connectivity index (χ0v) is 26.3. The van der Waals surface area contributed by atoms with Gasteiger partial charge in [-0.05, 0) is 97.2 Å². The molecular weight excluding hydrogens is 444 g/mol. The molecule has 4 aliphatic rings. The fraction of sp³-hybridized carbons (Fsp3) is 1.00. The van der Waals surface area contributed by atoms with Crippen LogP contribution >= 0.6 is 0 Å². The predicted octanol–water partition coefficient (Wildman–Crippen LogP) is 12.4. The average molecular weight is 513 g/mol. The Morgan fingerprint density at radius 2 is 1.03 bits per heavy atom. The van der Waals surface area contributed by atoms with Crippen molar-refractivity contribution in [1.29, 1.82) is 0 Å². The van der Waals surface area contributed by atoms with E-state index in [0.717, 1.165) is 41.4 Å². The van der Waals surface area contributed by atoms with E-state index in [-0.39, 0.29) is 0 Å². The summed E-state index contributed by atoms with van der Waals surface area (Å²) in [6.07, 6.45) is 34.8. The van der Waals surface area contributed by atoms with Gasteiger partial charge < -0.3 is 0 Å². The van der Waals surface area contributed by atoms with Crippen molar-refractivity contribution in [3.05, 3.63) is 0 Å². The topological polar surface area (TPSA) is 0 Å². The molecule has 0 aromatic rings. The first-order valence-electron chi connectivity index (χ1n) is 17.8. The summed E-state index contributed by atoms with van der Waals surface area (Å²) in [4.78, 5) is 0. The van der Waals surface area contributed by atoms with Crippen LogP contribution in [0.5, 0.6) is 0 Å². The lowest BCUT2D eigenvalue weighted by Gasteiger charge is -2.50.